The number of hydrazine groups is 1. The first-order valence-corrected chi connectivity index (χ1v) is 13.9. The first-order chi connectivity index (χ1) is 19.5. The van der Waals surface area contributed by atoms with Crippen molar-refractivity contribution in [3.05, 3.63) is 89.5 Å². The number of carboxylic acids is 1. The summed E-state index contributed by atoms with van der Waals surface area (Å²) in [5.41, 5.74) is 4.75. The fourth-order valence-electron chi connectivity index (χ4n) is 3.99. The molecule has 0 aliphatic heterocycles. The van der Waals surface area contributed by atoms with Crippen molar-refractivity contribution >= 4 is 32.8 Å². The third kappa shape index (κ3) is 6.55. The summed E-state index contributed by atoms with van der Waals surface area (Å²) in [6.45, 7) is 3.35. The zero-order chi connectivity index (χ0) is 29.7. The second-order valence-electron chi connectivity index (χ2n) is 9.21. The van der Waals surface area contributed by atoms with Crippen LogP contribution in [0.25, 0.3) is 22.2 Å². The van der Waals surface area contributed by atoms with Gasteiger partial charge in [0.1, 0.15) is 11.9 Å². The van der Waals surface area contributed by atoms with Crippen LogP contribution in [0.5, 0.6) is 0 Å². The lowest BCUT2D eigenvalue weighted by Gasteiger charge is -2.20. The number of nitrogens with zero attached hydrogens (tertiary/aromatic N) is 2. The van der Waals surface area contributed by atoms with Crippen molar-refractivity contribution in [3.63, 3.8) is 0 Å². The number of aliphatic carboxylic acids is 1. The highest BCUT2D eigenvalue weighted by molar-refractivity contribution is 7.89. The number of hydrogen-bond donors (Lipinski definition) is 4. The summed E-state index contributed by atoms with van der Waals surface area (Å²) in [4.78, 5) is 32.0. The van der Waals surface area contributed by atoms with Gasteiger partial charge in [0.25, 0.3) is 5.91 Å². The van der Waals surface area contributed by atoms with E-state index < -0.39 is 44.6 Å². The Morgan fingerprint density at radius 2 is 1.83 bits per heavy atom. The number of fused-ring (bicyclic) bond motifs is 1. The summed E-state index contributed by atoms with van der Waals surface area (Å²) in [5, 5.41) is 9.94. The van der Waals surface area contributed by atoms with Crippen molar-refractivity contribution in [3.8, 4) is 23.1 Å². The summed E-state index contributed by atoms with van der Waals surface area (Å²) in [5.74, 6) is 7.72. The highest BCUT2D eigenvalue weighted by Gasteiger charge is 2.29. The number of carboxylic acid groups (broad SMARTS) is 1. The molecule has 2 atom stereocenters. The van der Waals surface area contributed by atoms with Gasteiger partial charge in [0.2, 0.25) is 10.0 Å². The Labute approximate surface area is 235 Å². The molecule has 210 valence electrons. The van der Waals surface area contributed by atoms with Gasteiger partial charge in [-0.1, -0.05) is 44.2 Å². The molecule has 2 aromatic heterocycles. The van der Waals surface area contributed by atoms with Crippen molar-refractivity contribution < 1.29 is 27.5 Å². The minimum absolute atomic E-state index is 0.0352. The summed E-state index contributed by atoms with van der Waals surface area (Å²) in [7, 11) is -4.28. The number of sulfonamides is 1. The smallest absolute Gasteiger partial charge is 0.322 e. The van der Waals surface area contributed by atoms with Crippen LogP contribution in [-0.2, 0) is 14.8 Å². The van der Waals surface area contributed by atoms with Crippen molar-refractivity contribution in [1.29, 1.82) is 0 Å². The summed E-state index contributed by atoms with van der Waals surface area (Å²) < 4.78 is 42.3. The summed E-state index contributed by atoms with van der Waals surface area (Å²) in [6, 6.07) is 12.0. The van der Waals surface area contributed by atoms with E-state index in [-0.39, 0.29) is 5.56 Å². The van der Waals surface area contributed by atoms with Crippen LogP contribution in [0.1, 0.15) is 41.8 Å². The maximum atomic E-state index is 14.8. The monoisotopic (exact) mass is 575 g/mol. The van der Waals surface area contributed by atoms with Gasteiger partial charge in [-0.3, -0.25) is 20.0 Å². The molecule has 4 rings (SSSR count). The molecule has 0 fully saturated rings. The van der Waals surface area contributed by atoms with E-state index in [1.165, 1.54) is 18.3 Å². The molecule has 0 saturated heterocycles. The fourth-order valence-corrected chi connectivity index (χ4v) is 5.30. The van der Waals surface area contributed by atoms with Gasteiger partial charge >= 0.3 is 5.97 Å². The Balaban J connectivity index is 1.56. The Morgan fingerprint density at radius 1 is 1.10 bits per heavy atom. The topological polar surface area (TPSA) is 164 Å². The van der Waals surface area contributed by atoms with Crippen LogP contribution in [0.15, 0.2) is 71.9 Å². The van der Waals surface area contributed by atoms with E-state index in [9.17, 15) is 27.5 Å². The minimum atomic E-state index is -4.28. The number of nitrogens with two attached hydrogens (primary N) is 1. The van der Waals surface area contributed by atoms with Crippen LogP contribution < -0.4 is 16.0 Å². The van der Waals surface area contributed by atoms with Crippen LogP contribution in [-0.4, -0.2) is 41.4 Å². The number of halogens is 1. The standard InChI is InChI=1S/C29H26FN5O5S/c1-3-17(2)27(29(37)38)35-41(39,40)21-11-10-19(24(30)14-21)7-4-18-5-8-20(9-6-18)26-15-22(28(36)34-31)23-16-32-13-12-25(23)33-26/h5-6,8-17,27,35H,3,31H2,1-2H3,(H,34,36)(H,37,38). The largest absolute Gasteiger partial charge is 0.480 e. The van der Waals surface area contributed by atoms with Crippen LogP contribution in [0.4, 0.5) is 4.39 Å². The van der Waals surface area contributed by atoms with Crippen molar-refractivity contribution in [1.82, 2.24) is 20.1 Å². The van der Waals surface area contributed by atoms with E-state index in [0.717, 1.165) is 6.07 Å². The molecule has 2 unspecified atom stereocenters. The molecule has 12 heteroatoms. The number of aromatic nitrogens is 2. The average Bonchev–Trinajstić information content (AvgIpc) is 2.98. The molecule has 0 spiro atoms. The number of hydrogen-bond acceptors (Lipinski definition) is 7. The second kappa shape index (κ2) is 12.2. The van der Waals surface area contributed by atoms with Crippen LogP contribution >= 0.6 is 0 Å². The fraction of sp³-hybridized carbons (Fsp3) is 0.172. The van der Waals surface area contributed by atoms with Crippen LogP contribution in [0.3, 0.4) is 0 Å². The summed E-state index contributed by atoms with van der Waals surface area (Å²) >= 11 is 0. The average molecular weight is 576 g/mol. The number of rotatable bonds is 8. The van der Waals surface area contributed by atoms with Gasteiger partial charge in [-0.2, -0.15) is 4.72 Å². The molecule has 0 saturated carbocycles. The Morgan fingerprint density at radius 3 is 2.46 bits per heavy atom. The van der Waals surface area contributed by atoms with Crippen molar-refractivity contribution in [2.24, 2.45) is 11.8 Å². The van der Waals surface area contributed by atoms with Gasteiger partial charge in [0, 0.05) is 28.9 Å². The van der Waals surface area contributed by atoms with Crippen LogP contribution in [0, 0.1) is 23.6 Å². The third-order valence-electron chi connectivity index (χ3n) is 6.52. The van der Waals surface area contributed by atoms with Gasteiger partial charge in [-0.05, 0) is 48.4 Å². The van der Waals surface area contributed by atoms with Crippen molar-refractivity contribution in [2.45, 2.75) is 31.2 Å². The lowest BCUT2D eigenvalue weighted by molar-refractivity contribution is -0.140. The highest BCUT2D eigenvalue weighted by Crippen LogP contribution is 2.25. The van der Waals surface area contributed by atoms with Gasteiger partial charge in [-0.15, -0.1) is 0 Å². The summed E-state index contributed by atoms with van der Waals surface area (Å²) in [6.07, 6.45) is 3.54. The number of amides is 1. The molecule has 0 bridgehead atoms. The number of nitrogens with one attached hydrogen (secondary N) is 2. The quantitative estimate of drug-likeness (QED) is 0.108. The molecule has 10 nitrogen and oxygen atoms in total. The first kappa shape index (κ1) is 29.3. The molecule has 4 aromatic rings. The van der Waals surface area contributed by atoms with E-state index in [0.29, 0.717) is 39.7 Å². The van der Waals surface area contributed by atoms with Crippen molar-refractivity contribution in [2.75, 3.05) is 0 Å². The zero-order valence-corrected chi connectivity index (χ0v) is 22.9. The molecule has 2 heterocycles. The highest BCUT2D eigenvalue weighted by atomic mass is 32.2. The molecule has 1 amide bonds. The SMILES string of the molecule is CCC(C)C(NS(=O)(=O)c1ccc(C#Cc2ccc(-c3cc(C(=O)NN)c4cnccc4n3)cc2)c(F)c1)C(=O)O. The number of carbonyl (C=O) groups excluding carboxylic acids is 1. The normalized spacial score (nSPS) is 12.7. The molecular formula is C29H26FN5O5S. The molecule has 2 aromatic carbocycles. The number of nitrogen functional groups attached to an aromatic ring is 1. The van der Waals surface area contributed by atoms with Gasteiger partial charge in [0.15, 0.2) is 0 Å². The van der Waals surface area contributed by atoms with Gasteiger partial charge in [-0.25, -0.2) is 23.6 Å². The molecule has 0 aliphatic rings. The van der Waals surface area contributed by atoms with E-state index in [1.807, 2.05) is 0 Å². The minimum Gasteiger partial charge on any atom is -0.480 e. The molecule has 41 heavy (non-hydrogen) atoms. The van der Waals surface area contributed by atoms with Gasteiger partial charge in [0.05, 0.1) is 27.2 Å². The third-order valence-corrected chi connectivity index (χ3v) is 7.96. The van der Waals surface area contributed by atoms with E-state index in [1.54, 1.807) is 56.4 Å². The predicted molar refractivity (Wildman–Crippen MR) is 150 cm³/mol. The van der Waals surface area contributed by atoms with E-state index in [4.69, 9.17) is 5.84 Å². The maximum Gasteiger partial charge on any atom is 0.322 e. The Hall–Kier alpha value is -4.70. The molecule has 0 aliphatic carbocycles. The van der Waals surface area contributed by atoms with E-state index >= 15 is 0 Å². The van der Waals surface area contributed by atoms with Crippen LogP contribution in [0.2, 0.25) is 0 Å². The number of pyridine rings is 2. The predicted octanol–water partition coefficient (Wildman–Crippen LogP) is 3.22. The lowest BCUT2D eigenvalue weighted by Crippen LogP contribution is -2.44. The van der Waals surface area contributed by atoms with Gasteiger partial charge < -0.3 is 5.11 Å². The maximum absolute atomic E-state index is 14.8. The van der Waals surface area contributed by atoms with E-state index in [2.05, 4.69) is 32.0 Å². The number of benzene rings is 2. The Kier molecular flexibility index (Phi) is 8.73. The molecule has 5 N–H and O–H groups in total. The molecular weight excluding hydrogens is 549 g/mol. The first-order valence-electron chi connectivity index (χ1n) is 12.5. The zero-order valence-electron chi connectivity index (χ0n) is 22.1. The lowest BCUT2D eigenvalue weighted by atomic mass is 10.0. The molecule has 0 radical (unpaired) electrons. The Bertz CT molecular complexity index is 1800. The number of carbonyl (C=O) groups is 2. The second-order valence-corrected chi connectivity index (χ2v) is 10.9.